The fourth-order valence-electron chi connectivity index (χ4n) is 9.08. The minimum Gasteiger partial charge on any atom is -0.309 e. The number of nitrogens with zero attached hydrogens (tertiary/aromatic N) is 3. The van der Waals surface area contributed by atoms with Gasteiger partial charge in [-0.15, -0.1) is 11.3 Å². The minimum atomic E-state index is 0.965. The molecule has 0 amide bonds. The zero-order valence-electron chi connectivity index (χ0n) is 33.6. The fourth-order valence-corrected chi connectivity index (χ4v) is 10.2. The van der Waals surface area contributed by atoms with Crippen molar-refractivity contribution in [3.8, 4) is 72.6 Å². The summed E-state index contributed by atoms with van der Waals surface area (Å²) in [6.45, 7) is 0. The third-order valence-electron chi connectivity index (χ3n) is 12.1. The van der Waals surface area contributed by atoms with Crippen molar-refractivity contribution >= 4 is 53.4 Å². The van der Waals surface area contributed by atoms with Crippen LogP contribution in [0.15, 0.2) is 225 Å². The first-order chi connectivity index (χ1) is 30.7. The van der Waals surface area contributed by atoms with Gasteiger partial charge in [0.1, 0.15) is 6.33 Å². The molecule has 4 heteroatoms. The third-order valence-corrected chi connectivity index (χ3v) is 13.3. The molecule has 0 saturated carbocycles. The number of fused-ring (bicyclic) bond motifs is 6. The first-order valence-electron chi connectivity index (χ1n) is 21.0. The lowest BCUT2D eigenvalue weighted by molar-refractivity contribution is 1.18. The van der Waals surface area contributed by atoms with Crippen LogP contribution in [0.3, 0.4) is 0 Å². The second kappa shape index (κ2) is 15.0. The number of hydrogen-bond acceptors (Lipinski definition) is 3. The van der Waals surface area contributed by atoms with E-state index in [0.29, 0.717) is 0 Å². The Morgan fingerprint density at radius 1 is 0.323 bits per heavy atom. The lowest BCUT2D eigenvalue weighted by atomic mass is 9.96. The van der Waals surface area contributed by atoms with Gasteiger partial charge in [-0.1, -0.05) is 158 Å². The summed E-state index contributed by atoms with van der Waals surface area (Å²) in [6, 6.07) is 79.1. The lowest BCUT2D eigenvalue weighted by Crippen LogP contribution is -1.94. The monoisotopic (exact) mass is 807 g/mol. The molecule has 0 saturated heterocycles. The average Bonchev–Trinajstić information content (AvgIpc) is 3.90. The molecule has 3 heterocycles. The molecular formula is C58H37N3S. The molecule has 0 aliphatic carbocycles. The minimum absolute atomic E-state index is 0.965. The van der Waals surface area contributed by atoms with Gasteiger partial charge in [-0.25, -0.2) is 9.97 Å². The Bertz CT molecular complexity index is 3500. The highest BCUT2D eigenvalue weighted by atomic mass is 32.1. The normalized spacial score (nSPS) is 11.5. The second-order valence-corrected chi connectivity index (χ2v) is 16.9. The molecular weight excluding hydrogens is 771 g/mol. The number of hydrogen-bond donors (Lipinski definition) is 0. The van der Waals surface area contributed by atoms with Gasteiger partial charge in [0.2, 0.25) is 0 Å². The fraction of sp³-hybridized carbons (Fsp3) is 0. The molecule has 0 unspecified atom stereocenters. The van der Waals surface area contributed by atoms with E-state index in [9.17, 15) is 0 Å². The van der Waals surface area contributed by atoms with Crippen LogP contribution in [0.2, 0.25) is 0 Å². The quantitative estimate of drug-likeness (QED) is 0.161. The van der Waals surface area contributed by atoms with E-state index in [-0.39, 0.29) is 0 Å². The van der Waals surface area contributed by atoms with Crippen LogP contribution in [0.25, 0.3) is 115 Å². The lowest BCUT2D eigenvalue weighted by Gasteiger charge is -2.12. The summed E-state index contributed by atoms with van der Waals surface area (Å²) in [5.41, 5.74) is 18.4. The Kier molecular flexibility index (Phi) is 8.68. The predicted molar refractivity (Wildman–Crippen MR) is 262 cm³/mol. The molecule has 62 heavy (non-hydrogen) atoms. The van der Waals surface area contributed by atoms with Crippen LogP contribution in [-0.4, -0.2) is 14.5 Å². The van der Waals surface area contributed by atoms with Crippen LogP contribution < -0.4 is 0 Å². The van der Waals surface area contributed by atoms with Crippen LogP contribution in [0.1, 0.15) is 0 Å². The topological polar surface area (TPSA) is 30.7 Å². The predicted octanol–water partition coefficient (Wildman–Crippen LogP) is 15.9. The van der Waals surface area contributed by atoms with Gasteiger partial charge in [-0.2, -0.15) is 0 Å². The zero-order valence-corrected chi connectivity index (χ0v) is 34.4. The number of rotatable bonds is 7. The van der Waals surface area contributed by atoms with Crippen molar-refractivity contribution in [1.29, 1.82) is 0 Å². The van der Waals surface area contributed by atoms with Gasteiger partial charge in [0, 0.05) is 32.1 Å². The van der Waals surface area contributed by atoms with Crippen LogP contribution >= 0.6 is 11.3 Å². The maximum absolute atomic E-state index is 4.83. The van der Waals surface area contributed by atoms with E-state index in [0.717, 1.165) is 49.3 Å². The van der Waals surface area contributed by atoms with Crippen molar-refractivity contribution in [3.63, 3.8) is 0 Å². The molecule has 0 bridgehead atoms. The van der Waals surface area contributed by atoms with Gasteiger partial charge in [0.25, 0.3) is 0 Å². The summed E-state index contributed by atoms with van der Waals surface area (Å²) in [5.74, 6) is 0. The second-order valence-electron chi connectivity index (χ2n) is 15.8. The molecule has 3 aromatic heterocycles. The summed E-state index contributed by atoms with van der Waals surface area (Å²) in [4.78, 5) is 9.53. The average molecular weight is 808 g/mol. The SMILES string of the molecule is c1ccc(-c2cccc(-c3ccc4c(c3)c3cc(-c5cccc(-c6ccccc6)c5)ccc3n4-c3cccc(-c4cccc(-c5ncnc6c5sc5ccccc56)c4)c3)c2)cc1. The van der Waals surface area contributed by atoms with Crippen molar-refractivity contribution < 1.29 is 0 Å². The molecule has 0 radical (unpaired) electrons. The highest BCUT2D eigenvalue weighted by Gasteiger charge is 2.17. The van der Waals surface area contributed by atoms with Crippen molar-refractivity contribution in [2.24, 2.45) is 0 Å². The van der Waals surface area contributed by atoms with Gasteiger partial charge in [0.15, 0.2) is 0 Å². The van der Waals surface area contributed by atoms with E-state index in [1.807, 2.05) is 0 Å². The molecule has 12 rings (SSSR count). The molecule has 9 aromatic carbocycles. The van der Waals surface area contributed by atoms with Crippen molar-refractivity contribution in [2.45, 2.75) is 0 Å². The van der Waals surface area contributed by atoms with E-state index in [1.54, 1.807) is 17.7 Å². The van der Waals surface area contributed by atoms with Crippen molar-refractivity contribution in [1.82, 2.24) is 14.5 Å². The van der Waals surface area contributed by atoms with Gasteiger partial charge < -0.3 is 4.57 Å². The zero-order chi connectivity index (χ0) is 41.0. The van der Waals surface area contributed by atoms with Crippen molar-refractivity contribution in [2.75, 3.05) is 0 Å². The summed E-state index contributed by atoms with van der Waals surface area (Å²) < 4.78 is 4.76. The van der Waals surface area contributed by atoms with Gasteiger partial charge >= 0.3 is 0 Å². The Morgan fingerprint density at radius 2 is 0.774 bits per heavy atom. The Morgan fingerprint density at radius 3 is 1.37 bits per heavy atom. The Labute approximate surface area is 363 Å². The summed E-state index contributed by atoms with van der Waals surface area (Å²) >= 11 is 1.76. The smallest absolute Gasteiger partial charge is 0.116 e. The number of thiophene rings is 1. The van der Waals surface area contributed by atoms with E-state index in [4.69, 9.17) is 9.97 Å². The maximum atomic E-state index is 4.83. The summed E-state index contributed by atoms with van der Waals surface area (Å²) in [7, 11) is 0. The van der Waals surface area contributed by atoms with Gasteiger partial charge in [-0.05, 0) is 116 Å². The summed E-state index contributed by atoms with van der Waals surface area (Å²) in [5, 5.41) is 3.60. The Balaban J connectivity index is 1.00. The molecule has 0 aliphatic heterocycles. The van der Waals surface area contributed by atoms with Crippen LogP contribution in [-0.2, 0) is 0 Å². The van der Waals surface area contributed by atoms with E-state index < -0.39 is 0 Å². The molecule has 290 valence electrons. The van der Waals surface area contributed by atoms with Gasteiger partial charge in [0.05, 0.1) is 26.9 Å². The van der Waals surface area contributed by atoms with Crippen LogP contribution in [0.5, 0.6) is 0 Å². The molecule has 0 N–H and O–H groups in total. The number of benzene rings is 9. The molecule has 0 atom stereocenters. The van der Waals surface area contributed by atoms with Crippen LogP contribution in [0.4, 0.5) is 0 Å². The highest BCUT2D eigenvalue weighted by Crippen LogP contribution is 2.41. The maximum Gasteiger partial charge on any atom is 0.116 e. The van der Waals surface area contributed by atoms with Crippen LogP contribution in [0, 0.1) is 0 Å². The van der Waals surface area contributed by atoms with E-state index >= 15 is 0 Å². The molecule has 3 nitrogen and oxygen atoms in total. The first-order valence-corrected chi connectivity index (χ1v) is 21.8. The molecule has 12 aromatic rings. The first kappa shape index (κ1) is 36.0. The van der Waals surface area contributed by atoms with E-state index in [1.165, 1.54) is 65.4 Å². The van der Waals surface area contributed by atoms with E-state index in [2.05, 4.69) is 223 Å². The molecule has 0 spiro atoms. The van der Waals surface area contributed by atoms with Gasteiger partial charge in [-0.3, -0.25) is 0 Å². The highest BCUT2D eigenvalue weighted by molar-refractivity contribution is 7.26. The van der Waals surface area contributed by atoms with Crippen molar-refractivity contribution in [3.05, 3.63) is 225 Å². The third kappa shape index (κ3) is 6.28. The Hall–Kier alpha value is -7.92. The largest absolute Gasteiger partial charge is 0.309 e. The summed E-state index contributed by atoms with van der Waals surface area (Å²) in [6.07, 6.45) is 1.70. The standard InChI is InChI=1S/C58H37N3S/c1-3-13-38(14-4-1)40-17-9-19-42(31-40)46-27-29-53-51(35-46)52-36-47(43-20-10-18-41(32-43)39-15-5-2-6-16-39)28-30-54(52)61(53)49-24-12-22-45(34-49)44-21-11-23-48(33-44)56-58-57(60-37-59-56)50-25-7-8-26-55(50)62-58/h1-37H. The molecule has 0 aliphatic rings. The number of aromatic nitrogens is 3. The molecule has 0 fully saturated rings.